The van der Waals surface area contributed by atoms with Crippen LogP contribution in [-0.2, 0) is 4.79 Å². The van der Waals surface area contributed by atoms with Gasteiger partial charge in [-0.3, -0.25) is 14.0 Å². The first-order valence-corrected chi connectivity index (χ1v) is 11.1. The van der Waals surface area contributed by atoms with Gasteiger partial charge in [0.2, 0.25) is 5.88 Å². The minimum atomic E-state index is -0.654. The van der Waals surface area contributed by atoms with Gasteiger partial charge in [0.25, 0.3) is 11.5 Å². The summed E-state index contributed by atoms with van der Waals surface area (Å²) in [5.41, 5.74) is 2.72. The van der Waals surface area contributed by atoms with E-state index in [0.29, 0.717) is 22.1 Å². The highest BCUT2D eigenvalue weighted by atomic mass is 35.5. The summed E-state index contributed by atoms with van der Waals surface area (Å²) < 4.78 is 7.33. The van der Waals surface area contributed by atoms with E-state index in [4.69, 9.17) is 16.3 Å². The van der Waals surface area contributed by atoms with Crippen molar-refractivity contribution in [2.24, 2.45) is 0 Å². The Morgan fingerprint density at radius 2 is 1.86 bits per heavy atom. The fourth-order valence-corrected chi connectivity index (χ4v) is 3.53. The Labute approximate surface area is 206 Å². The number of aromatic nitrogens is 2. The summed E-state index contributed by atoms with van der Waals surface area (Å²) in [6, 6.07) is 17.6. The van der Waals surface area contributed by atoms with E-state index in [0.717, 1.165) is 16.7 Å². The molecule has 7 nitrogen and oxygen atoms in total. The molecule has 0 fully saturated rings. The van der Waals surface area contributed by atoms with E-state index in [-0.39, 0.29) is 17.0 Å². The van der Waals surface area contributed by atoms with E-state index in [1.54, 1.807) is 42.6 Å². The van der Waals surface area contributed by atoms with Crippen LogP contribution in [0.25, 0.3) is 11.7 Å². The predicted octanol–water partition coefficient (Wildman–Crippen LogP) is 5.61. The van der Waals surface area contributed by atoms with Crippen LogP contribution >= 0.6 is 11.6 Å². The van der Waals surface area contributed by atoms with Crippen molar-refractivity contribution >= 4 is 34.9 Å². The second-order valence-corrected chi connectivity index (χ2v) is 8.43. The second-order valence-electron chi connectivity index (χ2n) is 8.02. The molecule has 0 spiro atoms. The Balaban J connectivity index is 1.83. The number of pyridine rings is 1. The summed E-state index contributed by atoms with van der Waals surface area (Å²) in [7, 11) is 0. The molecule has 0 aliphatic carbocycles. The number of amides is 1. The lowest BCUT2D eigenvalue weighted by Gasteiger charge is -2.12. The molecule has 174 valence electrons. The van der Waals surface area contributed by atoms with Gasteiger partial charge in [0.05, 0.1) is 0 Å². The number of hydrogen-bond acceptors (Lipinski definition) is 5. The lowest BCUT2D eigenvalue weighted by Crippen LogP contribution is -2.20. The molecule has 0 bridgehead atoms. The third-order valence-corrected chi connectivity index (χ3v) is 5.78. The molecule has 0 atom stereocenters. The van der Waals surface area contributed by atoms with Crippen molar-refractivity contribution in [3.05, 3.63) is 104 Å². The van der Waals surface area contributed by atoms with Gasteiger partial charge in [0.1, 0.15) is 28.6 Å². The van der Waals surface area contributed by atoms with Crippen LogP contribution in [0.1, 0.15) is 22.3 Å². The maximum absolute atomic E-state index is 13.4. The van der Waals surface area contributed by atoms with Gasteiger partial charge in [-0.15, -0.1) is 0 Å². The molecule has 35 heavy (non-hydrogen) atoms. The third kappa shape index (κ3) is 5.08. The predicted molar refractivity (Wildman–Crippen MR) is 136 cm³/mol. The first-order chi connectivity index (χ1) is 16.8. The Hall–Kier alpha value is -4.41. The van der Waals surface area contributed by atoms with Gasteiger partial charge in [0.15, 0.2) is 0 Å². The highest BCUT2D eigenvalue weighted by Gasteiger charge is 2.18. The Morgan fingerprint density at radius 3 is 2.54 bits per heavy atom. The average molecular weight is 485 g/mol. The first-order valence-electron chi connectivity index (χ1n) is 10.7. The Morgan fingerprint density at radius 1 is 1.11 bits per heavy atom. The van der Waals surface area contributed by atoms with Gasteiger partial charge >= 0.3 is 0 Å². The lowest BCUT2D eigenvalue weighted by molar-refractivity contribution is -0.112. The number of ether oxygens (including phenoxy) is 1. The highest BCUT2D eigenvalue weighted by Crippen LogP contribution is 2.28. The molecule has 2 heterocycles. The summed E-state index contributed by atoms with van der Waals surface area (Å²) in [5.74, 6) is -0.269. The number of nitriles is 1. The fraction of sp³-hybridized carbons (Fsp3) is 0.111. The lowest BCUT2D eigenvalue weighted by atomic mass is 10.1. The standard InChI is InChI=1S/C27H21ClN4O3/c1-16-6-8-20(9-7-16)30-25(33)19(15-29)14-22-26(35-21-10-11-23(28)18(3)13-21)31-24-17(2)5-4-12-32(24)27(22)34/h4-14H,1-3H3,(H,30,33)/b19-14+. The number of hydrogen-bond donors (Lipinski definition) is 1. The number of aryl methyl sites for hydroxylation is 3. The smallest absolute Gasteiger partial charge is 0.269 e. The van der Waals surface area contributed by atoms with Gasteiger partial charge in [0, 0.05) is 16.9 Å². The largest absolute Gasteiger partial charge is 0.438 e. The zero-order valence-corrected chi connectivity index (χ0v) is 20.1. The van der Waals surface area contributed by atoms with Crippen molar-refractivity contribution in [1.82, 2.24) is 9.38 Å². The number of halogens is 1. The molecule has 2 aromatic heterocycles. The van der Waals surface area contributed by atoms with E-state index in [9.17, 15) is 14.9 Å². The number of carbonyl (C=O) groups excluding carboxylic acids is 1. The minimum Gasteiger partial charge on any atom is -0.438 e. The molecule has 1 amide bonds. The number of fused-ring (bicyclic) bond motifs is 1. The monoisotopic (exact) mass is 484 g/mol. The molecule has 0 saturated heterocycles. The van der Waals surface area contributed by atoms with Gasteiger partial charge in [-0.05, 0) is 74.4 Å². The van der Waals surface area contributed by atoms with Crippen LogP contribution in [0.15, 0.2) is 71.2 Å². The molecule has 0 unspecified atom stereocenters. The average Bonchev–Trinajstić information content (AvgIpc) is 2.83. The van der Waals surface area contributed by atoms with E-state index in [2.05, 4.69) is 10.3 Å². The fourth-order valence-electron chi connectivity index (χ4n) is 3.41. The van der Waals surface area contributed by atoms with Gasteiger partial charge < -0.3 is 10.1 Å². The zero-order valence-electron chi connectivity index (χ0n) is 19.3. The van der Waals surface area contributed by atoms with Crippen LogP contribution < -0.4 is 15.6 Å². The zero-order chi connectivity index (χ0) is 25.1. The maximum Gasteiger partial charge on any atom is 0.269 e. The van der Waals surface area contributed by atoms with Crippen LogP contribution in [-0.4, -0.2) is 15.3 Å². The van der Waals surface area contributed by atoms with Crippen molar-refractivity contribution in [3.8, 4) is 17.7 Å². The molecule has 0 radical (unpaired) electrons. The third-order valence-electron chi connectivity index (χ3n) is 5.36. The van der Waals surface area contributed by atoms with Crippen molar-refractivity contribution in [3.63, 3.8) is 0 Å². The van der Waals surface area contributed by atoms with E-state index in [1.165, 1.54) is 10.5 Å². The van der Waals surface area contributed by atoms with Crippen molar-refractivity contribution in [1.29, 1.82) is 5.26 Å². The number of rotatable bonds is 5. The van der Waals surface area contributed by atoms with Crippen molar-refractivity contribution < 1.29 is 9.53 Å². The van der Waals surface area contributed by atoms with Crippen LogP contribution in [0.4, 0.5) is 5.69 Å². The Kier molecular flexibility index (Phi) is 6.67. The number of anilines is 1. The summed E-state index contributed by atoms with van der Waals surface area (Å²) in [5, 5.41) is 13.0. The summed E-state index contributed by atoms with van der Waals surface area (Å²) in [6.45, 7) is 5.58. The summed E-state index contributed by atoms with van der Waals surface area (Å²) in [4.78, 5) is 30.8. The number of nitrogens with zero attached hydrogens (tertiary/aromatic N) is 3. The normalized spacial score (nSPS) is 11.2. The van der Waals surface area contributed by atoms with Crippen molar-refractivity contribution in [2.45, 2.75) is 20.8 Å². The number of benzene rings is 2. The van der Waals surface area contributed by atoms with E-state index in [1.807, 2.05) is 45.0 Å². The minimum absolute atomic E-state index is 0.0260. The topological polar surface area (TPSA) is 96.5 Å². The molecule has 4 aromatic rings. The van der Waals surface area contributed by atoms with Crippen LogP contribution in [0.3, 0.4) is 0 Å². The van der Waals surface area contributed by atoms with Crippen LogP contribution in [0.5, 0.6) is 11.6 Å². The molecular weight excluding hydrogens is 464 g/mol. The second kappa shape index (κ2) is 9.84. The first kappa shape index (κ1) is 23.7. The molecule has 1 N–H and O–H groups in total. The van der Waals surface area contributed by atoms with Gasteiger partial charge in [-0.2, -0.15) is 10.2 Å². The Bertz CT molecular complexity index is 1580. The van der Waals surface area contributed by atoms with E-state index < -0.39 is 11.5 Å². The quantitative estimate of drug-likeness (QED) is 0.293. The molecule has 0 saturated carbocycles. The molecule has 0 aliphatic heterocycles. The molecule has 0 aliphatic rings. The highest BCUT2D eigenvalue weighted by molar-refractivity contribution is 6.31. The SMILES string of the molecule is Cc1ccc(NC(=O)/C(C#N)=C/c2c(Oc3ccc(Cl)c(C)c3)nc3c(C)cccn3c2=O)cc1. The van der Waals surface area contributed by atoms with Crippen LogP contribution in [0.2, 0.25) is 5.02 Å². The molecule has 2 aromatic carbocycles. The van der Waals surface area contributed by atoms with E-state index >= 15 is 0 Å². The van der Waals surface area contributed by atoms with Gasteiger partial charge in [-0.25, -0.2) is 0 Å². The van der Waals surface area contributed by atoms with Crippen molar-refractivity contribution in [2.75, 3.05) is 5.32 Å². The summed E-state index contributed by atoms with van der Waals surface area (Å²) in [6.07, 6.45) is 2.77. The summed E-state index contributed by atoms with van der Waals surface area (Å²) >= 11 is 6.12. The number of nitrogens with one attached hydrogen (secondary N) is 1. The van der Waals surface area contributed by atoms with Gasteiger partial charge in [-0.1, -0.05) is 35.4 Å². The molecular formula is C27H21ClN4O3. The molecule has 4 rings (SSSR count). The number of carbonyl (C=O) groups is 1. The maximum atomic E-state index is 13.4. The van der Waals surface area contributed by atoms with Crippen LogP contribution in [0, 0.1) is 32.1 Å². The molecule has 8 heteroatoms.